The van der Waals surface area contributed by atoms with Crippen molar-refractivity contribution in [3.05, 3.63) is 36.3 Å². The van der Waals surface area contributed by atoms with Gasteiger partial charge in [-0.15, -0.1) is 0 Å². The molecule has 1 aliphatic heterocycles. The molecule has 1 fully saturated rings. The molecule has 0 aliphatic carbocycles. The number of likely N-dealkylation sites (tertiary alicyclic amines) is 1. The Bertz CT molecular complexity index is 475. The van der Waals surface area contributed by atoms with E-state index in [1.165, 1.54) is 19.4 Å². The lowest BCUT2D eigenvalue weighted by Crippen LogP contribution is -2.35. The van der Waals surface area contributed by atoms with E-state index in [0.29, 0.717) is 4.83 Å². The summed E-state index contributed by atoms with van der Waals surface area (Å²) in [5.74, 6) is 0. The molecule has 1 aliphatic rings. The number of fused-ring (bicyclic) bond motifs is 1. The van der Waals surface area contributed by atoms with Crippen molar-refractivity contribution in [3.8, 4) is 0 Å². The highest BCUT2D eigenvalue weighted by atomic mass is 79.9. The van der Waals surface area contributed by atoms with Gasteiger partial charge in [-0.3, -0.25) is 4.90 Å². The number of hydrogen-bond acceptors (Lipinski definition) is 2. The van der Waals surface area contributed by atoms with E-state index in [-0.39, 0.29) is 0 Å². The fraction of sp³-hybridized carbons (Fsp3) is 0.462. The molecular formula is C13H16BrN3. The molecule has 4 heteroatoms. The molecule has 3 nitrogen and oxygen atoms in total. The number of rotatable bonds is 2. The monoisotopic (exact) mass is 293 g/mol. The van der Waals surface area contributed by atoms with Crippen molar-refractivity contribution in [2.45, 2.75) is 24.2 Å². The quantitative estimate of drug-likeness (QED) is 0.794. The standard InChI is InChI=1S/C13H16BrN3/c14-11-4-3-6-16(8-11)9-12-10-17-7-2-1-5-13(17)15-12/h1-2,5,7,10-11H,3-4,6,8-9H2. The second kappa shape index (κ2) is 4.78. The lowest BCUT2D eigenvalue weighted by Gasteiger charge is -2.29. The number of halogens is 1. The van der Waals surface area contributed by atoms with E-state index < -0.39 is 0 Å². The number of hydrogen-bond donors (Lipinski definition) is 0. The van der Waals surface area contributed by atoms with Gasteiger partial charge in [-0.25, -0.2) is 4.98 Å². The second-order valence-electron chi connectivity index (χ2n) is 4.67. The second-order valence-corrected chi connectivity index (χ2v) is 5.97. The Hall–Kier alpha value is -0.870. The van der Waals surface area contributed by atoms with E-state index >= 15 is 0 Å². The zero-order valence-electron chi connectivity index (χ0n) is 9.72. The summed E-state index contributed by atoms with van der Waals surface area (Å²) in [6, 6.07) is 6.11. The molecule has 1 unspecified atom stereocenters. The molecule has 0 radical (unpaired) electrons. The van der Waals surface area contributed by atoms with Crippen LogP contribution in [-0.4, -0.2) is 32.2 Å². The number of nitrogens with zero attached hydrogens (tertiary/aromatic N) is 3. The van der Waals surface area contributed by atoms with E-state index in [1.807, 2.05) is 18.2 Å². The molecule has 0 bridgehead atoms. The van der Waals surface area contributed by atoms with Crippen molar-refractivity contribution in [2.75, 3.05) is 13.1 Å². The summed E-state index contributed by atoms with van der Waals surface area (Å²) in [4.78, 5) is 7.76. The lowest BCUT2D eigenvalue weighted by molar-refractivity contribution is 0.226. The molecule has 1 atom stereocenters. The van der Waals surface area contributed by atoms with Gasteiger partial charge in [0, 0.05) is 30.3 Å². The number of alkyl halides is 1. The first-order chi connectivity index (χ1) is 8.31. The van der Waals surface area contributed by atoms with E-state index in [0.717, 1.165) is 24.4 Å². The number of imidazole rings is 1. The number of piperidine rings is 1. The Morgan fingerprint density at radius 3 is 3.18 bits per heavy atom. The van der Waals surface area contributed by atoms with Crippen molar-refractivity contribution >= 4 is 21.6 Å². The fourth-order valence-corrected chi connectivity index (χ4v) is 3.17. The van der Waals surface area contributed by atoms with E-state index in [4.69, 9.17) is 0 Å². The van der Waals surface area contributed by atoms with Gasteiger partial charge in [0.1, 0.15) is 5.65 Å². The van der Waals surface area contributed by atoms with Gasteiger partial charge in [0.2, 0.25) is 0 Å². The first-order valence-electron chi connectivity index (χ1n) is 6.10. The highest BCUT2D eigenvalue weighted by molar-refractivity contribution is 9.09. The lowest BCUT2D eigenvalue weighted by atomic mass is 10.1. The van der Waals surface area contributed by atoms with Gasteiger partial charge >= 0.3 is 0 Å². The van der Waals surface area contributed by atoms with Crippen LogP contribution in [0, 0.1) is 0 Å². The third-order valence-corrected chi connectivity index (χ3v) is 3.99. The highest BCUT2D eigenvalue weighted by Crippen LogP contribution is 2.18. The summed E-state index contributed by atoms with van der Waals surface area (Å²) in [5, 5.41) is 0. The molecular weight excluding hydrogens is 278 g/mol. The van der Waals surface area contributed by atoms with E-state index in [9.17, 15) is 0 Å². The van der Waals surface area contributed by atoms with Crippen molar-refractivity contribution in [2.24, 2.45) is 0 Å². The molecule has 0 saturated carbocycles. The summed E-state index contributed by atoms with van der Waals surface area (Å²) < 4.78 is 2.09. The van der Waals surface area contributed by atoms with Crippen LogP contribution in [0.25, 0.3) is 5.65 Å². The summed E-state index contributed by atoms with van der Waals surface area (Å²) in [6.45, 7) is 3.29. The largest absolute Gasteiger partial charge is 0.307 e. The van der Waals surface area contributed by atoms with E-state index in [1.54, 1.807) is 0 Å². The minimum absolute atomic E-state index is 0.647. The molecule has 3 heterocycles. The zero-order valence-corrected chi connectivity index (χ0v) is 11.3. The predicted octanol–water partition coefficient (Wildman–Crippen LogP) is 2.69. The third-order valence-electron chi connectivity index (χ3n) is 3.25. The van der Waals surface area contributed by atoms with Gasteiger partial charge < -0.3 is 4.40 Å². The topological polar surface area (TPSA) is 20.5 Å². The minimum Gasteiger partial charge on any atom is -0.307 e. The first kappa shape index (κ1) is 11.2. The summed E-state index contributed by atoms with van der Waals surface area (Å²) in [6.07, 6.45) is 6.76. The zero-order chi connectivity index (χ0) is 11.7. The van der Waals surface area contributed by atoms with Crippen LogP contribution < -0.4 is 0 Å². The molecule has 1 saturated heterocycles. The Labute approximate surface area is 110 Å². The molecule has 17 heavy (non-hydrogen) atoms. The summed E-state index contributed by atoms with van der Waals surface area (Å²) in [5.41, 5.74) is 2.20. The summed E-state index contributed by atoms with van der Waals surface area (Å²) in [7, 11) is 0. The van der Waals surface area contributed by atoms with Gasteiger partial charge in [0.15, 0.2) is 0 Å². The van der Waals surface area contributed by atoms with Crippen LogP contribution in [0.3, 0.4) is 0 Å². The van der Waals surface area contributed by atoms with Crippen LogP contribution in [0.15, 0.2) is 30.6 Å². The van der Waals surface area contributed by atoms with Crippen molar-refractivity contribution in [3.63, 3.8) is 0 Å². The first-order valence-corrected chi connectivity index (χ1v) is 7.02. The number of aromatic nitrogens is 2. The van der Waals surface area contributed by atoms with Gasteiger partial charge in [-0.1, -0.05) is 22.0 Å². The van der Waals surface area contributed by atoms with Crippen molar-refractivity contribution in [1.82, 2.24) is 14.3 Å². The maximum Gasteiger partial charge on any atom is 0.137 e. The van der Waals surface area contributed by atoms with Crippen LogP contribution in [-0.2, 0) is 6.54 Å². The van der Waals surface area contributed by atoms with Gasteiger partial charge in [-0.2, -0.15) is 0 Å². The smallest absolute Gasteiger partial charge is 0.137 e. The SMILES string of the molecule is BrC1CCCN(Cc2cn3ccccc3n2)C1. The average molecular weight is 294 g/mol. The van der Waals surface area contributed by atoms with E-state index in [2.05, 4.69) is 42.6 Å². The summed E-state index contributed by atoms with van der Waals surface area (Å²) >= 11 is 3.71. The maximum atomic E-state index is 4.64. The fourth-order valence-electron chi connectivity index (χ4n) is 2.44. The normalized spacial score (nSPS) is 22.1. The molecule has 3 rings (SSSR count). The van der Waals surface area contributed by atoms with Gasteiger partial charge in [0.25, 0.3) is 0 Å². The Morgan fingerprint density at radius 2 is 2.35 bits per heavy atom. The van der Waals surface area contributed by atoms with Crippen molar-refractivity contribution in [1.29, 1.82) is 0 Å². The molecule has 2 aromatic heterocycles. The molecule has 0 spiro atoms. The van der Waals surface area contributed by atoms with Crippen LogP contribution in [0.4, 0.5) is 0 Å². The van der Waals surface area contributed by atoms with Crippen LogP contribution in [0.1, 0.15) is 18.5 Å². The van der Waals surface area contributed by atoms with Gasteiger partial charge in [0.05, 0.1) is 5.69 Å². The van der Waals surface area contributed by atoms with Crippen LogP contribution in [0.5, 0.6) is 0 Å². The van der Waals surface area contributed by atoms with Crippen LogP contribution >= 0.6 is 15.9 Å². The number of pyridine rings is 1. The molecule has 90 valence electrons. The van der Waals surface area contributed by atoms with Gasteiger partial charge in [-0.05, 0) is 31.5 Å². The molecule has 0 amide bonds. The third kappa shape index (κ3) is 2.53. The highest BCUT2D eigenvalue weighted by Gasteiger charge is 2.18. The Morgan fingerprint density at radius 1 is 1.41 bits per heavy atom. The molecule has 0 N–H and O–H groups in total. The average Bonchev–Trinajstić information content (AvgIpc) is 2.71. The Kier molecular flexibility index (Phi) is 3.16. The molecule has 0 aromatic carbocycles. The van der Waals surface area contributed by atoms with Crippen LogP contribution in [0.2, 0.25) is 0 Å². The van der Waals surface area contributed by atoms with Crippen molar-refractivity contribution < 1.29 is 0 Å². The predicted molar refractivity (Wildman–Crippen MR) is 72.4 cm³/mol. The minimum atomic E-state index is 0.647. The Balaban J connectivity index is 1.75. The molecule has 2 aromatic rings. The maximum absolute atomic E-state index is 4.64.